The van der Waals surface area contributed by atoms with E-state index in [1.807, 2.05) is 36.4 Å². The predicted octanol–water partition coefficient (Wildman–Crippen LogP) is 4.16. The van der Waals surface area contributed by atoms with E-state index in [1.165, 1.54) is 6.42 Å². The van der Waals surface area contributed by atoms with Gasteiger partial charge >= 0.3 is 12.1 Å². The van der Waals surface area contributed by atoms with Gasteiger partial charge in [-0.05, 0) is 47.4 Å². The Labute approximate surface area is 199 Å². The quantitative estimate of drug-likeness (QED) is 0.672. The number of likely N-dealkylation sites (tertiary alicyclic amines) is 1. The van der Waals surface area contributed by atoms with Crippen molar-refractivity contribution >= 4 is 18.0 Å². The van der Waals surface area contributed by atoms with Gasteiger partial charge < -0.3 is 20.1 Å². The summed E-state index contributed by atoms with van der Waals surface area (Å²) in [5.74, 6) is -1.06. The molecule has 2 aromatic carbocycles. The number of alkyl carbamates (subject to hydrolysis) is 1. The van der Waals surface area contributed by atoms with Gasteiger partial charge in [-0.2, -0.15) is 0 Å². The number of amides is 2. The molecule has 178 valence electrons. The standard InChI is InChI=1S/C27H30N2O5/c30-25(31)15-23(26(32)29-14-13-17-7-1-6-12-24(17)29)28-27(33)34-16-22-20-10-4-2-8-18(20)19-9-3-5-11-21(19)22/h2-5,8-11,17,22-24H,1,6-7,12-16H2,(H,28,33)(H,30,31)/t17-,23?,24-/m0/s1. The number of ether oxygens (including phenoxy) is 1. The summed E-state index contributed by atoms with van der Waals surface area (Å²) in [5, 5.41) is 11.9. The van der Waals surface area contributed by atoms with Crippen LogP contribution in [0.4, 0.5) is 4.79 Å². The van der Waals surface area contributed by atoms with E-state index in [9.17, 15) is 19.5 Å². The molecule has 5 rings (SSSR count). The zero-order valence-electron chi connectivity index (χ0n) is 19.1. The highest BCUT2D eigenvalue weighted by Gasteiger charge is 2.41. The summed E-state index contributed by atoms with van der Waals surface area (Å²) in [4.78, 5) is 39.2. The smallest absolute Gasteiger partial charge is 0.407 e. The van der Waals surface area contributed by atoms with Crippen molar-refractivity contribution in [2.75, 3.05) is 13.2 Å². The number of carbonyl (C=O) groups excluding carboxylic acids is 2. The lowest BCUT2D eigenvalue weighted by molar-refractivity contribution is -0.143. The zero-order valence-corrected chi connectivity index (χ0v) is 19.1. The molecule has 1 aliphatic heterocycles. The van der Waals surface area contributed by atoms with E-state index < -0.39 is 24.5 Å². The molecule has 1 heterocycles. The molecule has 2 N–H and O–H groups in total. The Hall–Kier alpha value is -3.35. The summed E-state index contributed by atoms with van der Waals surface area (Å²) in [6.45, 7) is 0.735. The number of aliphatic carboxylic acids is 1. The van der Waals surface area contributed by atoms with E-state index in [1.54, 1.807) is 4.90 Å². The van der Waals surface area contributed by atoms with E-state index in [-0.39, 0.29) is 24.5 Å². The molecule has 3 atom stereocenters. The Balaban J connectivity index is 1.26. The molecule has 0 aromatic heterocycles. The average Bonchev–Trinajstić information content (AvgIpc) is 3.41. The molecule has 7 nitrogen and oxygen atoms in total. The number of hydrogen-bond acceptors (Lipinski definition) is 4. The maximum Gasteiger partial charge on any atom is 0.407 e. The minimum atomic E-state index is -1.13. The Morgan fingerprint density at radius 3 is 2.29 bits per heavy atom. The molecular weight excluding hydrogens is 432 g/mol. The van der Waals surface area contributed by atoms with E-state index in [4.69, 9.17) is 4.74 Å². The van der Waals surface area contributed by atoms with Crippen molar-refractivity contribution in [2.45, 2.75) is 56.5 Å². The molecule has 0 spiro atoms. The van der Waals surface area contributed by atoms with Crippen LogP contribution in [0.25, 0.3) is 11.1 Å². The third-order valence-electron chi connectivity index (χ3n) is 7.61. The van der Waals surface area contributed by atoms with Crippen molar-refractivity contribution in [1.82, 2.24) is 10.2 Å². The second kappa shape index (κ2) is 9.49. The number of carboxylic acids is 1. The lowest BCUT2D eigenvalue weighted by atomic mass is 9.85. The minimum Gasteiger partial charge on any atom is -0.481 e. The van der Waals surface area contributed by atoms with Gasteiger partial charge in [-0.15, -0.1) is 0 Å². The molecule has 0 bridgehead atoms. The van der Waals surface area contributed by atoms with Gasteiger partial charge in [0.25, 0.3) is 0 Å². The Kier molecular flexibility index (Phi) is 6.26. The fourth-order valence-electron chi connectivity index (χ4n) is 6.04. The number of hydrogen-bond donors (Lipinski definition) is 2. The van der Waals surface area contributed by atoms with Crippen LogP contribution >= 0.6 is 0 Å². The van der Waals surface area contributed by atoms with Crippen LogP contribution in [0.5, 0.6) is 0 Å². The monoisotopic (exact) mass is 462 g/mol. The maximum absolute atomic E-state index is 13.3. The van der Waals surface area contributed by atoms with Gasteiger partial charge in [0.15, 0.2) is 0 Å². The SMILES string of the molecule is O=C(O)CC(NC(=O)OCC1c2ccccc2-c2ccccc21)C(=O)N1CC[C@@H]2CCCC[C@@H]21. The molecule has 1 saturated carbocycles. The van der Waals surface area contributed by atoms with Crippen LogP contribution in [0.1, 0.15) is 55.6 Å². The van der Waals surface area contributed by atoms with Crippen molar-refractivity contribution in [3.63, 3.8) is 0 Å². The highest BCUT2D eigenvalue weighted by Crippen LogP contribution is 2.44. The molecule has 1 unspecified atom stereocenters. The normalized spacial score (nSPS) is 21.8. The molecule has 0 radical (unpaired) electrons. The predicted molar refractivity (Wildman–Crippen MR) is 126 cm³/mol. The summed E-state index contributed by atoms with van der Waals surface area (Å²) in [5.41, 5.74) is 4.44. The second-order valence-corrected chi connectivity index (χ2v) is 9.55. The zero-order chi connectivity index (χ0) is 23.7. The lowest BCUT2D eigenvalue weighted by Gasteiger charge is -2.33. The van der Waals surface area contributed by atoms with Crippen molar-refractivity contribution in [3.05, 3.63) is 59.7 Å². The van der Waals surface area contributed by atoms with E-state index in [0.29, 0.717) is 12.5 Å². The first-order chi connectivity index (χ1) is 16.5. The van der Waals surface area contributed by atoms with Crippen LogP contribution in [-0.2, 0) is 14.3 Å². The highest BCUT2D eigenvalue weighted by atomic mass is 16.5. The van der Waals surface area contributed by atoms with Gasteiger partial charge in [0.05, 0.1) is 6.42 Å². The molecule has 3 aliphatic rings. The number of carboxylic acid groups (broad SMARTS) is 1. The van der Waals surface area contributed by atoms with Crippen molar-refractivity contribution in [2.24, 2.45) is 5.92 Å². The Bertz CT molecular complexity index is 1050. The van der Waals surface area contributed by atoms with Gasteiger partial charge in [-0.25, -0.2) is 4.79 Å². The van der Waals surface area contributed by atoms with Gasteiger partial charge in [0.1, 0.15) is 12.6 Å². The lowest BCUT2D eigenvalue weighted by Crippen LogP contribution is -2.52. The van der Waals surface area contributed by atoms with Crippen molar-refractivity contribution in [3.8, 4) is 11.1 Å². The summed E-state index contributed by atoms with van der Waals surface area (Å²) in [7, 11) is 0. The Morgan fingerprint density at radius 2 is 1.62 bits per heavy atom. The summed E-state index contributed by atoms with van der Waals surface area (Å²) in [6, 6.07) is 15.1. The van der Waals surface area contributed by atoms with Crippen LogP contribution in [0, 0.1) is 5.92 Å². The molecule has 1 saturated heterocycles. The number of nitrogens with zero attached hydrogens (tertiary/aromatic N) is 1. The van der Waals surface area contributed by atoms with Crippen LogP contribution in [-0.4, -0.2) is 53.2 Å². The summed E-state index contributed by atoms with van der Waals surface area (Å²) >= 11 is 0. The number of rotatable bonds is 6. The van der Waals surface area contributed by atoms with Crippen molar-refractivity contribution < 1.29 is 24.2 Å². The fraction of sp³-hybridized carbons (Fsp3) is 0.444. The fourth-order valence-corrected chi connectivity index (χ4v) is 6.04. The number of benzene rings is 2. The van der Waals surface area contributed by atoms with Crippen molar-refractivity contribution in [1.29, 1.82) is 0 Å². The molecular formula is C27H30N2O5. The van der Waals surface area contributed by atoms with Crippen LogP contribution < -0.4 is 5.32 Å². The van der Waals surface area contributed by atoms with E-state index in [0.717, 1.165) is 47.9 Å². The topological polar surface area (TPSA) is 95.9 Å². The van der Waals surface area contributed by atoms with Gasteiger partial charge in [0, 0.05) is 18.5 Å². The second-order valence-electron chi connectivity index (χ2n) is 9.55. The molecule has 7 heteroatoms. The molecule has 2 aliphatic carbocycles. The first-order valence-electron chi connectivity index (χ1n) is 12.2. The molecule has 2 aromatic rings. The Morgan fingerprint density at radius 1 is 0.971 bits per heavy atom. The first-order valence-corrected chi connectivity index (χ1v) is 12.2. The van der Waals surface area contributed by atoms with E-state index >= 15 is 0 Å². The number of fused-ring (bicyclic) bond motifs is 4. The summed E-state index contributed by atoms with van der Waals surface area (Å²) < 4.78 is 5.56. The number of carbonyl (C=O) groups is 3. The van der Waals surface area contributed by atoms with Gasteiger partial charge in [0.2, 0.25) is 5.91 Å². The minimum absolute atomic E-state index is 0.103. The first kappa shape index (κ1) is 22.4. The van der Waals surface area contributed by atoms with Crippen LogP contribution in [0.2, 0.25) is 0 Å². The summed E-state index contributed by atoms with van der Waals surface area (Å²) in [6.07, 6.45) is 4.03. The average molecular weight is 463 g/mol. The largest absolute Gasteiger partial charge is 0.481 e. The maximum atomic E-state index is 13.3. The van der Waals surface area contributed by atoms with Crippen LogP contribution in [0.15, 0.2) is 48.5 Å². The highest BCUT2D eigenvalue weighted by molar-refractivity contribution is 5.89. The van der Waals surface area contributed by atoms with E-state index in [2.05, 4.69) is 17.4 Å². The van der Waals surface area contributed by atoms with Crippen LogP contribution in [0.3, 0.4) is 0 Å². The third kappa shape index (κ3) is 4.27. The molecule has 2 amide bonds. The van der Waals surface area contributed by atoms with Gasteiger partial charge in [-0.1, -0.05) is 61.4 Å². The molecule has 2 fully saturated rings. The van der Waals surface area contributed by atoms with Gasteiger partial charge in [-0.3, -0.25) is 9.59 Å². The third-order valence-corrected chi connectivity index (χ3v) is 7.61. The number of nitrogens with one attached hydrogen (secondary N) is 1. The molecule has 34 heavy (non-hydrogen) atoms.